The molecule has 1 fully saturated rings. The summed E-state index contributed by atoms with van der Waals surface area (Å²) in [5.74, 6) is 0. The quantitative estimate of drug-likeness (QED) is 0.724. The van der Waals surface area contributed by atoms with E-state index in [4.69, 9.17) is 0 Å². The molecule has 0 spiro atoms. The van der Waals surface area contributed by atoms with Crippen LogP contribution in [0.25, 0.3) is 11.0 Å². The second-order valence-electron chi connectivity index (χ2n) is 3.84. The van der Waals surface area contributed by atoms with Crippen LogP contribution in [0.5, 0.6) is 0 Å². The zero-order valence-electron chi connectivity index (χ0n) is 8.53. The summed E-state index contributed by atoms with van der Waals surface area (Å²) in [7, 11) is 0. The number of hydrogen-bond donors (Lipinski definition) is 2. The van der Waals surface area contributed by atoms with Crippen LogP contribution in [0.2, 0.25) is 0 Å². The summed E-state index contributed by atoms with van der Waals surface area (Å²) in [6, 6.07) is 4.17. The minimum atomic E-state index is 1.04. The second kappa shape index (κ2) is 3.55. The van der Waals surface area contributed by atoms with Crippen molar-refractivity contribution in [2.24, 2.45) is 0 Å². The molecule has 2 aromatic rings. The second-order valence-corrected chi connectivity index (χ2v) is 3.84. The molecule has 0 aliphatic carbocycles. The minimum Gasteiger partial charge on any atom is -0.368 e. The predicted molar refractivity (Wildman–Crippen MR) is 61.2 cm³/mol. The predicted octanol–water partition coefficient (Wildman–Crippen LogP) is 0.972. The van der Waals surface area contributed by atoms with E-state index in [-0.39, 0.29) is 0 Å². The van der Waals surface area contributed by atoms with Crippen molar-refractivity contribution in [3.63, 3.8) is 0 Å². The van der Waals surface area contributed by atoms with Gasteiger partial charge in [0, 0.05) is 32.4 Å². The van der Waals surface area contributed by atoms with Crippen LogP contribution in [0.4, 0.5) is 5.69 Å². The van der Waals surface area contributed by atoms with Gasteiger partial charge < -0.3 is 15.2 Å². The van der Waals surface area contributed by atoms with Gasteiger partial charge in [-0.25, -0.2) is 0 Å². The van der Waals surface area contributed by atoms with E-state index in [0.717, 1.165) is 37.2 Å². The molecular formula is C11H14N4. The highest BCUT2D eigenvalue weighted by atomic mass is 15.2. The normalized spacial score (nSPS) is 17.2. The van der Waals surface area contributed by atoms with Crippen molar-refractivity contribution in [3.05, 3.63) is 24.5 Å². The molecule has 3 rings (SSSR count). The fourth-order valence-electron chi connectivity index (χ4n) is 2.02. The number of piperazine rings is 1. The summed E-state index contributed by atoms with van der Waals surface area (Å²) >= 11 is 0. The van der Waals surface area contributed by atoms with Crippen molar-refractivity contribution in [2.45, 2.75) is 0 Å². The van der Waals surface area contributed by atoms with Crippen LogP contribution in [0.3, 0.4) is 0 Å². The number of pyridine rings is 1. The van der Waals surface area contributed by atoms with E-state index in [2.05, 4.69) is 26.3 Å². The number of hydrogen-bond acceptors (Lipinski definition) is 3. The molecule has 15 heavy (non-hydrogen) atoms. The summed E-state index contributed by atoms with van der Waals surface area (Å²) in [5, 5.41) is 3.35. The van der Waals surface area contributed by atoms with E-state index in [0.29, 0.717) is 0 Å². The molecule has 1 aliphatic heterocycles. The number of rotatable bonds is 1. The van der Waals surface area contributed by atoms with Crippen molar-refractivity contribution < 1.29 is 0 Å². The number of aromatic nitrogens is 2. The molecule has 1 saturated heterocycles. The lowest BCUT2D eigenvalue weighted by Crippen LogP contribution is -2.43. The third-order valence-corrected chi connectivity index (χ3v) is 2.87. The monoisotopic (exact) mass is 202 g/mol. The molecule has 0 aromatic carbocycles. The average molecular weight is 202 g/mol. The molecule has 0 radical (unpaired) electrons. The number of anilines is 1. The van der Waals surface area contributed by atoms with Gasteiger partial charge in [0.15, 0.2) is 0 Å². The van der Waals surface area contributed by atoms with Crippen LogP contribution in [0, 0.1) is 0 Å². The first kappa shape index (κ1) is 8.73. The van der Waals surface area contributed by atoms with E-state index in [1.54, 1.807) is 0 Å². The van der Waals surface area contributed by atoms with Crippen LogP contribution in [0.1, 0.15) is 0 Å². The number of fused-ring (bicyclic) bond motifs is 1. The zero-order valence-corrected chi connectivity index (χ0v) is 8.53. The molecule has 2 aromatic heterocycles. The fraction of sp³-hybridized carbons (Fsp3) is 0.364. The van der Waals surface area contributed by atoms with Gasteiger partial charge in [0.2, 0.25) is 0 Å². The van der Waals surface area contributed by atoms with Crippen LogP contribution in [-0.2, 0) is 0 Å². The summed E-state index contributed by atoms with van der Waals surface area (Å²) in [4.78, 5) is 9.98. The standard InChI is InChI=1S/C11H14N4/c1-2-13-11-7-9(8-14-10(1)11)15-5-3-12-4-6-15/h1-2,7-8,12-13H,3-6H2. The van der Waals surface area contributed by atoms with Crippen molar-refractivity contribution in [3.8, 4) is 0 Å². The van der Waals surface area contributed by atoms with Gasteiger partial charge in [-0.15, -0.1) is 0 Å². The molecule has 4 nitrogen and oxygen atoms in total. The number of H-pyrrole nitrogens is 1. The van der Waals surface area contributed by atoms with Gasteiger partial charge in [0.25, 0.3) is 0 Å². The summed E-state index contributed by atoms with van der Waals surface area (Å²) < 4.78 is 0. The fourth-order valence-corrected chi connectivity index (χ4v) is 2.02. The summed E-state index contributed by atoms with van der Waals surface area (Å²) in [5.41, 5.74) is 3.37. The molecule has 3 heterocycles. The Bertz CT molecular complexity index is 456. The van der Waals surface area contributed by atoms with Crippen molar-refractivity contribution in [1.82, 2.24) is 15.3 Å². The maximum atomic E-state index is 4.42. The van der Waals surface area contributed by atoms with Gasteiger partial charge in [-0.3, -0.25) is 4.98 Å². The Morgan fingerprint density at radius 3 is 3.00 bits per heavy atom. The van der Waals surface area contributed by atoms with Crippen LogP contribution < -0.4 is 10.2 Å². The van der Waals surface area contributed by atoms with Gasteiger partial charge in [0.05, 0.1) is 22.9 Å². The molecule has 4 heteroatoms. The van der Waals surface area contributed by atoms with Crippen LogP contribution >= 0.6 is 0 Å². The molecule has 2 N–H and O–H groups in total. The van der Waals surface area contributed by atoms with Crippen LogP contribution in [0.15, 0.2) is 24.5 Å². The first-order chi connectivity index (χ1) is 7.43. The van der Waals surface area contributed by atoms with Crippen molar-refractivity contribution in [2.75, 3.05) is 31.1 Å². The maximum Gasteiger partial charge on any atom is 0.0880 e. The molecule has 0 amide bonds. The maximum absolute atomic E-state index is 4.42. The van der Waals surface area contributed by atoms with E-state index in [1.165, 1.54) is 5.69 Å². The summed E-state index contributed by atoms with van der Waals surface area (Å²) in [6.45, 7) is 4.24. The summed E-state index contributed by atoms with van der Waals surface area (Å²) in [6.07, 6.45) is 3.89. The lowest BCUT2D eigenvalue weighted by molar-refractivity contribution is 0.589. The Morgan fingerprint density at radius 1 is 1.27 bits per heavy atom. The first-order valence-electron chi connectivity index (χ1n) is 5.32. The number of aromatic amines is 1. The van der Waals surface area contributed by atoms with Gasteiger partial charge in [-0.1, -0.05) is 0 Å². The largest absolute Gasteiger partial charge is 0.368 e. The molecule has 78 valence electrons. The highest BCUT2D eigenvalue weighted by Crippen LogP contribution is 2.18. The van der Waals surface area contributed by atoms with Gasteiger partial charge in [0.1, 0.15) is 0 Å². The SMILES string of the molecule is c1cc2ncc(N3CCNCC3)cc2[nH]1. The molecule has 1 aliphatic rings. The van der Waals surface area contributed by atoms with Gasteiger partial charge in [-0.2, -0.15) is 0 Å². The zero-order chi connectivity index (χ0) is 10.1. The minimum absolute atomic E-state index is 1.04. The van der Waals surface area contributed by atoms with Crippen LogP contribution in [-0.4, -0.2) is 36.1 Å². The first-order valence-corrected chi connectivity index (χ1v) is 5.32. The van der Waals surface area contributed by atoms with Crippen molar-refractivity contribution in [1.29, 1.82) is 0 Å². The Hall–Kier alpha value is -1.55. The lowest BCUT2D eigenvalue weighted by Gasteiger charge is -2.29. The molecule has 0 unspecified atom stereocenters. The highest BCUT2D eigenvalue weighted by Gasteiger charge is 2.11. The average Bonchev–Trinajstić information content (AvgIpc) is 2.77. The smallest absolute Gasteiger partial charge is 0.0880 e. The Balaban J connectivity index is 1.95. The van der Waals surface area contributed by atoms with E-state index >= 15 is 0 Å². The number of nitrogens with zero attached hydrogens (tertiary/aromatic N) is 2. The molecular weight excluding hydrogens is 188 g/mol. The Kier molecular flexibility index (Phi) is 2.07. The van der Waals surface area contributed by atoms with E-state index < -0.39 is 0 Å². The van der Waals surface area contributed by atoms with Crippen molar-refractivity contribution >= 4 is 16.7 Å². The topological polar surface area (TPSA) is 44.0 Å². The van der Waals surface area contributed by atoms with Gasteiger partial charge in [-0.05, 0) is 12.1 Å². The molecule has 0 saturated carbocycles. The van der Waals surface area contributed by atoms with E-state index in [9.17, 15) is 0 Å². The lowest BCUT2D eigenvalue weighted by atomic mass is 10.3. The third kappa shape index (κ3) is 1.57. The molecule has 0 atom stereocenters. The third-order valence-electron chi connectivity index (χ3n) is 2.87. The Morgan fingerprint density at radius 2 is 2.13 bits per heavy atom. The van der Waals surface area contributed by atoms with Gasteiger partial charge >= 0.3 is 0 Å². The highest BCUT2D eigenvalue weighted by molar-refractivity contribution is 5.78. The number of nitrogens with one attached hydrogen (secondary N) is 2. The molecule has 0 bridgehead atoms. The van der Waals surface area contributed by atoms with E-state index in [1.807, 2.05) is 18.5 Å². The Labute approximate surface area is 88.3 Å².